The van der Waals surface area contributed by atoms with Gasteiger partial charge in [0, 0.05) is 25.7 Å². The number of urea groups is 1. The number of sulfone groups is 1. The van der Waals surface area contributed by atoms with Gasteiger partial charge in [0.15, 0.2) is 9.84 Å². The summed E-state index contributed by atoms with van der Waals surface area (Å²) in [6.07, 6.45) is 0. The fourth-order valence-corrected chi connectivity index (χ4v) is 4.01. The summed E-state index contributed by atoms with van der Waals surface area (Å²) in [5, 5.41) is 2.90. The first-order valence-electron chi connectivity index (χ1n) is 9.30. The van der Waals surface area contributed by atoms with Gasteiger partial charge in [0.25, 0.3) is 0 Å². The standard InChI is InChI=1S/C19H33N3O3S/c1-5-21(6-2)13-12-20-19(23)22(17(3)4)14-15-26(24,25)16-18-10-8-7-9-11-18/h7-11,17H,5-6,12-16H2,1-4H3,(H,20,23). The molecule has 7 heteroatoms. The predicted octanol–water partition coefficient (Wildman–Crippen LogP) is 2.36. The van der Waals surface area contributed by atoms with Crippen molar-refractivity contribution in [3.05, 3.63) is 35.9 Å². The number of nitrogens with one attached hydrogen (secondary N) is 1. The molecule has 0 radical (unpaired) electrons. The Labute approximate surface area is 158 Å². The van der Waals surface area contributed by atoms with Crippen LogP contribution in [0.2, 0.25) is 0 Å². The number of hydrogen-bond acceptors (Lipinski definition) is 4. The second-order valence-electron chi connectivity index (χ2n) is 6.62. The van der Waals surface area contributed by atoms with Gasteiger partial charge in [-0.3, -0.25) is 0 Å². The molecule has 1 aromatic rings. The molecular formula is C19H33N3O3S. The van der Waals surface area contributed by atoms with Crippen LogP contribution in [0.5, 0.6) is 0 Å². The fourth-order valence-electron chi connectivity index (χ4n) is 2.69. The van der Waals surface area contributed by atoms with Crippen molar-refractivity contribution in [1.29, 1.82) is 0 Å². The third-order valence-electron chi connectivity index (χ3n) is 4.36. The third-order valence-corrected chi connectivity index (χ3v) is 5.93. The molecule has 0 aromatic heterocycles. The second-order valence-corrected chi connectivity index (χ2v) is 8.81. The SMILES string of the molecule is CCN(CC)CCNC(=O)N(CCS(=O)(=O)Cc1ccccc1)C(C)C. The minimum Gasteiger partial charge on any atom is -0.337 e. The molecule has 148 valence electrons. The lowest BCUT2D eigenvalue weighted by atomic mass is 10.2. The maximum absolute atomic E-state index is 12.4. The highest BCUT2D eigenvalue weighted by molar-refractivity contribution is 7.90. The number of carbonyl (C=O) groups is 1. The maximum atomic E-state index is 12.4. The van der Waals surface area contributed by atoms with E-state index in [-0.39, 0.29) is 30.1 Å². The van der Waals surface area contributed by atoms with Gasteiger partial charge in [-0.2, -0.15) is 0 Å². The van der Waals surface area contributed by atoms with Crippen LogP contribution in [-0.4, -0.2) is 68.8 Å². The van der Waals surface area contributed by atoms with Gasteiger partial charge >= 0.3 is 6.03 Å². The van der Waals surface area contributed by atoms with Crippen LogP contribution in [0.3, 0.4) is 0 Å². The first kappa shape index (κ1) is 22.4. The van der Waals surface area contributed by atoms with Crippen molar-refractivity contribution in [2.75, 3.05) is 38.5 Å². The van der Waals surface area contributed by atoms with Gasteiger partial charge in [-0.25, -0.2) is 13.2 Å². The number of benzene rings is 1. The lowest BCUT2D eigenvalue weighted by Crippen LogP contribution is -2.47. The number of nitrogens with zero attached hydrogens (tertiary/aromatic N) is 2. The van der Waals surface area contributed by atoms with E-state index in [1.807, 2.05) is 32.0 Å². The van der Waals surface area contributed by atoms with Gasteiger partial charge in [-0.15, -0.1) is 0 Å². The molecule has 0 fully saturated rings. The minimum absolute atomic E-state index is 0.00333. The minimum atomic E-state index is -3.27. The van der Waals surface area contributed by atoms with Gasteiger partial charge in [0.2, 0.25) is 0 Å². The highest BCUT2D eigenvalue weighted by Crippen LogP contribution is 2.08. The summed E-state index contributed by atoms with van der Waals surface area (Å²) < 4.78 is 24.7. The molecule has 0 spiro atoms. The average Bonchev–Trinajstić information content (AvgIpc) is 2.59. The van der Waals surface area contributed by atoms with Crippen molar-refractivity contribution >= 4 is 15.9 Å². The molecule has 26 heavy (non-hydrogen) atoms. The number of rotatable bonds is 11. The van der Waals surface area contributed by atoms with E-state index in [9.17, 15) is 13.2 Å². The van der Waals surface area contributed by atoms with E-state index in [1.165, 1.54) is 0 Å². The van der Waals surface area contributed by atoms with Crippen molar-refractivity contribution in [3.63, 3.8) is 0 Å². The van der Waals surface area contributed by atoms with Gasteiger partial charge in [-0.05, 0) is 32.5 Å². The van der Waals surface area contributed by atoms with Crippen LogP contribution >= 0.6 is 0 Å². The van der Waals surface area contributed by atoms with Crippen LogP contribution in [0, 0.1) is 0 Å². The number of hydrogen-bond donors (Lipinski definition) is 1. The zero-order chi connectivity index (χ0) is 19.6. The van der Waals surface area contributed by atoms with Crippen molar-refractivity contribution in [3.8, 4) is 0 Å². The molecule has 0 aliphatic carbocycles. The average molecular weight is 384 g/mol. The van der Waals surface area contributed by atoms with Crippen molar-refractivity contribution < 1.29 is 13.2 Å². The van der Waals surface area contributed by atoms with Crippen LogP contribution in [0.4, 0.5) is 4.79 Å². The summed E-state index contributed by atoms with van der Waals surface area (Å²) in [6, 6.07) is 8.86. The van der Waals surface area contributed by atoms with Crippen LogP contribution < -0.4 is 5.32 Å². The molecule has 6 nitrogen and oxygen atoms in total. The summed E-state index contributed by atoms with van der Waals surface area (Å²) >= 11 is 0. The topological polar surface area (TPSA) is 69.7 Å². The predicted molar refractivity (Wildman–Crippen MR) is 107 cm³/mol. The van der Waals surface area contributed by atoms with E-state index in [1.54, 1.807) is 17.0 Å². The Morgan fingerprint density at radius 1 is 1.08 bits per heavy atom. The second kappa shape index (κ2) is 11.2. The van der Waals surface area contributed by atoms with Crippen LogP contribution in [0.25, 0.3) is 0 Å². The third kappa shape index (κ3) is 8.19. The smallest absolute Gasteiger partial charge is 0.317 e. The van der Waals surface area contributed by atoms with E-state index < -0.39 is 9.84 Å². The molecule has 1 N–H and O–H groups in total. The van der Waals surface area contributed by atoms with Gasteiger partial charge < -0.3 is 15.1 Å². The molecule has 0 aliphatic heterocycles. The summed E-state index contributed by atoms with van der Waals surface area (Å²) in [5.74, 6) is -0.0348. The quantitative estimate of drug-likeness (QED) is 0.637. The Morgan fingerprint density at radius 2 is 1.69 bits per heavy atom. The Bertz CT molecular complexity index is 629. The van der Waals surface area contributed by atoms with Crippen molar-refractivity contribution in [2.24, 2.45) is 0 Å². The Balaban J connectivity index is 2.55. The molecule has 0 atom stereocenters. The van der Waals surface area contributed by atoms with Crippen molar-refractivity contribution in [2.45, 2.75) is 39.5 Å². The van der Waals surface area contributed by atoms with E-state index >= 15 is 0 Å². The summed E-state index contributed by atoms with van der Waals surface area (Å²) in [6.45, 7) is 11.4. The molecule has 0 saturated carbocycles. The van der Waals surface area contributed by atoms with Crippen LogP contribution in [-0.2, 0) is 15.6 Å². The summed E-state index contributed by atoms with van der Waals surface area (Å²) in [7, 11) is -3.27. The lowest BCUT2D eigenvalue weighted by Gasteiger charge is -2.27. The van der Waals surface area contributed by atoms with E-state index in [4.69, 9.17) is 0 Å². The molecule has 0 saturated heterocycles. The lowest BCUT2D eigenvalue weighted by molar-refractivity contribution is 0.185. The van der Waals surface area contributed by atoms with Gasteiger partial charge in [-0.1, -0.05) is 44.2 Å². The monoisotopic (exact) mass is 383 g/mol. The Hall–Kier alpha value is -1.60. The molecule has 0 bridgehead atoms. The number of carbonyl (C=O) groups excluding carboxylic acids is 1. The summed E-state index contributed by atoms with van der Waals surface area (Å²) in [4.78, 5) is 16.2. The number of likely N-dealkylation sites (N-methyl/N-ethyl adjacent to an activating group) is 1. The van der Waals surface area contributed by atoms with Gasteiger partial charge in [0.1, 0.15) is 0 Å². The molecule has 0 aliphatic rings. The Morgan fingerprint density at radius 3 is 2.23 bits per heavy atom. The Kier molecular flexibility index (Phi) is 9.65. The van der Waals surface area contributed by atoms with Crippen LogP contribution in [0.15, 0.2) is 30.3 Å². The molecule has 2 amide bonds. The van der Waals surface area contributed by atoms with E-state index in [2.05, 4.69) is 24.1 Å². The van der Waals surface area contributed by atoms with Crippen LogP contribution in [0.1, 0.15) is 33.3 Å². The van der Waals surface area contributed by atoms with Gasteiger partial charge in [0.05, 0.1) is 11.5 Å². The first-order chi connectivity index (χ1) is 12.3. The fraction of sp³-hybridized carbons (Fsp3) is 0.632. The first-order valence-corrected chi connectivity index (χ1v) is 11.1. The van der Waals surface area contributed by atoms with E-state index in [0.717, 1.165) is 25.2 Å². The maximum Gasteiger partial charge on any atom is 0.317 e. The zero-order valence-electron chi connectivity index (χ0n) is 16.4. The molecule has 1 aromatic carbocycles. The molecular weight excluding hydrogens is 350 g/mol. The molecule has 1 rings (SSSR count). The highest BCUT2D eigenvalue weighted by atomic mass is 32.2. The van der Waals surface area contributed by atoms with E-state index in [0.29, 0.717) is 6.54 Å². The number of amides is 2. The van der Waals surface area contributed by atoms with Crippen molar-refractivity contribution in [1.82, 2.24) is 15.1 Å². The normalized spacial score (nSPS) is 11.8. The zero-order valence-corrected chi connectivity index (χ0v) is 17.3. The molecule has 0 unspecified atom stereocenters. The summed E-state index contributed by atoms with van der Waals surface area (Å²) in [5.41, 5.74) is 0.771. The largest absolute Gasteiger partial charge is 0.337 e. The molecule has 0 heterocycles. The highest BCUT2D eigenvalue weighted by Gasteiger charge is 2.20.